The highest BCUT2D eigenvalue weighted by Gasteiger charge is 2.23. The van der Waals surface area contributed by atoms with Crippen LogP contribution in [-0.4, -0.2) is 57.3 Å². The van der Waals surface area contributed by atoms with Crippen LogP contribution >= 0.6 is 23.4 Å². The Morgan fingerprint density at radius 1 is 0.912 bits per heavy atom. The minimum absolute atomic E-state index is 0.118. The van der Waals surface area contributed by atoms with Gasteiger partial charge in [-0.05, 0) is 30.3 Å². The number of hydrogen-bond acceptors (Lipinski definition) is 5. The molecule has 1 saturated heterocycles. The van der Waals surface area contributed by atoms with Gasteiger partial charge in [0.1, 0.15) is 5.82 Å². The maximum absolute atomic E-state index is 13.0. The van der Waals surface area contributed by atoms with Crippen molar-refractivity contribution in [3.63, 3.8) is 0 Å². The van der Waals surface area contributed by atoms with Gasteiger partial charge in [0.15, 0.2) is 5.16 Å². The number of amides is 1. The fraction of sp³-hybridized carbons (Fsp3) is 0.192. The van der Waals surface area contributed by atoms with E-state index in [4.69, 9.17) is 11.6 Å². The molecule has 0 spiro atoms. The molecule has 0 saturated carbocycles. The summed E-state index contributed by atoms with van der Waals surface area (Å²) in [6.07, 6.45) is 3.66. The summed E-state index contributed by atoms with van der Waals surface area (Å²) in [4.78, 5) is 26.2. The van der Waals surface area contributed by atoms with Crippen molar-refractivity contribution in [1.29, 1.82) is 0 Å². The Balaban J connectivity index is 1.30. The molecule has 0 radical (unpaired) electrons. The van der Waals surface area contributed by atoms with E-state index in [-0.39, 0.29) is 5.91 Å². The van der Waals surface area contributed by atoms with Gasteiger partial charge in [0.05, 0.1) is 17.6 Å². The van der Waals surface area contributed by atoms with Crippen LogP contribution in [0.4, 0.5) is 5.82 Å². The lowest BCUT2D eigenvalue weighted by atomic mass is 10.1. The first-order chi connectivity index (χ1) is 16.7. The van der Waals surface area contributed by atoms with E-state index in [9.17, 15) is 4.79 Å². The predicted molar refractivity (Wildman–Crippen MR) is 138 cm³/mol. The second-order valence-electron chi connectivity index (χ2n) is 7.95. The van der Waals surface area contributed by atoms with Crippen LogP contribution in [0.2, 0.25) is 5.02 Å². The van der Waals surface area contributed by atoms with Gasteiger partial charge in [-0.1, -0.05) is 65.8 Å². The molecule has 172 valence electrons. The maximum atomic E-state index is 13.0. The Morgan fingerprint density at radius 2 is 1.71 bits per heavy atom. The number of benzene rings is 2. The minimum Gasteiger partial charge on any atom is -0.353 e. The molecular weight excluding hydrogens is 466 g/mol. The third-order valence-electron chi connectivity index (χ3n) is 5.80. The van der Waals surface area contributed by atoms with Gasteiger partial charge in [-0.15, -0.1) is 0 Å². The SMILES string of the molecule is O=C(CSc1ncc(-c2ccccc2)n1-c1cccc(Cl)c1)N1CCN(c2ccccn2)CC1. The number of carbonyl (C=O) groups is 1. The zero-order chi connectivity index (χ0) is 23.3. The van der Waals surface area contributed by atoms with Crippen LogP contribution in [0.3, 0.4) is 0 Å². The van der Waals surface area contributed by atoms with Crippen molar-refractivity contribution in [2.75, 3.05) is 36.8 Å². The Morgan fingerprint density at radius 3 is 2.44 bits per heavy atom. The highest BCUT2D eigenvalue weighted by molar-refractivity contribution is 7.99. The van der Waals surface area contributed by atoms with Crippen molar-refractivity contribution in [1.82, 2.24) is 19.4 Å². The lowest BCUT2D eigenvalue weighted by Crippen LogP contribution is -2.49. The van der Waals surface area contributed by atoms with Crippen molar-refractivity contribution < 1.29 is 4.79 Å². The van der Waals surface area contributed by atoms with Crippen molar-refractivity contribution in [3.05, 3.63) is 90.2 Å². The Bertz CT molecular complexity index is 1260. The third kappa shape index (κ3) is 4.95. The summed E-state index contributed by atoms with van der Waals surface area (Å²) in [5.74, 6) is 1.41. The predicted octanol–water partition coefficient (Wildman–Crippen LogP) is 5.03. The van der Waals surface area contributed by atoms with Crippen LogP contribution in [0.1, 0.15) is 0 Å². The Kier molecular flexibility index (Phi) is 6.83. The van der Waals surface area contributed by atoms with Gasteiger partial charge in [-0.25, -0.2) is 9.97 Å². The quantitative estimate of drug-likeness (QED) is 0.356. The van der Waals surface area contributed by atoms with Crippen molar-refractivity contribution in [2.24, 2.45) is 0 Å². The number of piperazine rings is 1. The molecule has 0 N–H and O–H groups in total. The molecular formula is C26H24ClN5OS. The highest BCUT2D eigenvalue weighted by atomic mass is 35.5. The van der Waals surface area contributed by atoms with E-state index in [0.717, 1.165) is 41.0 Å². The molecule has 0 atom stereocenters. The second-order valence-corrected chi connectivity index (χ2v) is 9.33. The topological polar surface area (TPSA) is 54.3 Å². The average Bonchev–Trinajstić information content (AvgIpc) is 3.32. The number of thioether (sulfide) groups is 1. The van der Waals surface area contributed by atoms with E-state index in [1.54, 1.807) is 6.20 Å². The highest BCUT2D eigenvalue weighted by Crippen LogP contribution is 2.31. The summed E-state index contributed by atoms with van der Waals surface area (Å²) in [5.41, 5.74) is 2.93. The first kappa shape index (κ1) is 22.5. The molecule has 0 bridgehead atoms. The molecule has 6 nitrogen and oxygen atoms in total. The lowest BCUT2D eigenvalue weighted by molar-refractivity contribution is -0.128. The van der Waals surface area contributed by atoms with Crippen LogP contribution in [0.25, 0.3) is 16.9 Å². The fourth-order valence-corrected chi connectivity index (χ4v) is 5.14. The average molecular weight is 490 g/mol. The van der Waals surface area contributed by atoms with Crippen molar-refractivity contribution in [2.45, 2.75) is 5.16 Å². The summed E-state index contributed by atoms with van der Waals surface area (Å²) in [6, 6.07) is 23.7. The number of hydrogen-bond donors (Lipinski definition) is 0. The van der Waals surface area contributed by atoms with Gasteiger partial charge >= 0.3 is 0 Å². The smallest absolute Gasteiger partial charge is 0.233 e. The van der Waals surface area contributed by atoms with E-state index in [0.29, 0.717) is 23.9 Å². The van der Waals surface area contributed by atoms with E-state index >= 15 is 0 Å². The number of aromatic nitrogens is 3. The van der Waals surface area contributed by atoms with Gasteiger partial charge in [-0.3, -0.25) is 9.36 Å². The summed E-state index contributed by atoms with van der Waals surface area (Å²) < 4.78 is 2.07. The zero-order valence-corrected chi connectivity index (χ0v) is 20.1. The standard InChI is InChI=1S/C26H24ClN5OS/c27-21-9-6-10-22(17-21)32-23(20-7-2-1-3-8-20)18-29-26(32)34-19-25(33)31-15-13-30(14-16-31)24-11-4-5-12-28-24/h1-12,17-18H,13-16,19H2. The Hall–Kier alpha value is -3.29. The minimum atomic E-state index is 0.118. The van der Waals surface area contributed by atoms with E-state index < -0.39 is 0 Å². The van der Waals surface area contributed by atoms with Gasteiger partial charge in [0.2, 0.25) is 5.91 Å². The molecule has 4 aromatic rings. The molecule has 2 aromatic carbocycles. The molecule has 1 amide bonds. The maximum Gasteiger partial charge on any atom is 0.233 e. The van der Waals surface area contributed by atoms with Crippen LogP contribution in [0, 0.1) is 0 Å². The molecule has 0 aliphatic carbocycles. The molecule has 5 rings (SSSR count). The number of carbonyl (C=O) groups excluding carboxylic acids is 1. The van der Waals surface area contributed by atoms with Crippen molar-refractivity contribution >= 4 is 35.1 Å². The summed E-state index contributed by atoms with van der Waals surface area (Å²) >= 11 is 7.74. The number of anilines is 1. The van der Waals surface area contributed by atoms with Crippen LogP contribution in [0.5, 0.6) is 0 Å². The van der Waals surface area contributed by atoms with Gasteiger partial charge in [-0.2, -0.15) is 0 Å². The largest absolute Gasteiger partial charge is 0.353 e. The van der Waals surface area contributed by atoms with Gasteiger partial charge in [0, 0.05) is 48.6 Å². The first-order valence-electron chi connectivity index (χ1n) is 11.1. The van der Waals surface area contributed by atoms with Crippen LogP contribution in [-0.2, 0) is 4.79 Å². The fourth-order valence-electron chi connectivity index (χ4n) is 4.06. The summed E-state index contributed by atoms with van der Waals surface area (Å²) in [7, 11) is 0. The summed E-state index contributed by atoms with van der Waals surface area (Å²) in [5, 5.41) is 1.42. The molecule has 1 aliphatic rings. The molecule has 3 heterocycles. The van der Waals surface area contributed by atoms with E-state index in [2.05, 4.69) is 31.6 Å². The van der Waals surface area contributed by atoms with Crippen molar-refractivity contribution in [3.8, 4) is 16.9 Å². The number of pyridine rings is 1. The Labute approximate surface area is 208 Å². The number of imidazole rings is 1. The molecule has 0 unspecified atom stereocenters. The van der Waals surface area contributed by atoms with Gasteiger partial charge in [0.25, 0.3) is 0 Å². The number of halogens is 1. The summed E-state index contributed by atoms with van der Waals surface area (Å²) in [6.45, 7) is 2.94. The second kappa shape index (κ2) is 10.3. The van der Waals surface area contributed by atoms with E-state index in [1.807, 2.05) is 71.8 Å². The van der Waals surface area contributed by atoms with E-state index in [1.165, 1.54) is 11.8 Å². The lowest BCUT2D eigenvalue weighted by Gasteiger charge is -2.35. The normalized spacial score (nSPS) is 13.8. The molecule has 1 fully saturated rings. The first-order valence-corrected chi connectivity index (χ1v) is 12.5. The van der Waals surface area contributed by atoms with Gasteiger partial charge < -0.3 is 9.80 Å². The zero-order valence-electron chi connectivity index (χ0n) is 18.5. The molecule has 34 heavy (non-hydrogen) atoms. The monoisotopic (exact) mass is 489 g/mol. The molecule has 2 aromatic heterocycles. The number of nitrogens with zero attached hydrogens (tertiary/aromatic N) is 5. The van der Waals surface area contributed by atoms with Crippen LogP contribution < -0.4 is 4.90 Å². The molecule has 8 heteroatoms. The third-order valence-corrected chi connectivity index (χ3v) is 6.97. The number of rotatable bonds is 6. The molecule has 1 aliphatic heterocycles. The van der Waals surface area contributed by atoms with Crippen LogP contribution in [0.15, 0.2) is 90.3 Å².